The third-order valence-electron chi connectivity index (χ3n) is 2.88. The summed E-state index contributed by atoms with van der Waals surface area (Å²) in [7, 11) is 1.69. The summed E-state index contributed by atoms with van der Waals surface area (Å²) in [5, 5.41) is 0. The summed E-state index contributed by atoms with van der Waals surface area (Å²) in [5.41, 5.74) is 5.84. The molecule has 0 aromatic rings. The van der Waals surface area contributed by atoms with Gasteiger partial charge in [0.2, 0.25) is 0 Å². The molecule has 2 unspecified atom stereocenters. The summed E-state index contributed by atoms with van der Waals surface area (Å²) in [6.07, 6.45) is 7.19. The van der Waals surface area contributed by atoms with E-state index >= 15 is 0 Å². The van der Waals surface area contributed by atoms with Crippen molar-refractivity contribution in [3.63, 3.8) is 0 Å². The summed E-state index contributed by atoms with van der Waals surface area (Å²) in [5.74, 6) is 2.37. The van der Waals surface area contributed by atoms with Gasteiger partial charge in [-0.1, -0.05) is 26.0 Å². The van der Waals surface area contributed by atoms with Crippen molar-refractivity contribution in [3.8, 4) is 0 Å². The van der Waals surface area contributed by atoms with E-state index in [1.54, 1.807) is 7.11 Å². The largest absolute Gasteiger partial charge is 0.383 e. The lowest BCUT2D eigenvalue weighted by Crippen LogP contribution is -2.23. The molecule has 0 aromatic heterocycles. The Kier molecular flexibility index (Phi) is 4.63. The van der Waals surface area contributed by atoms with Crippen molar-refractivity contribution in [2.75, 3.05) is 13.7 Å². The highest BCUT2D eigenvalue weighted by Crippen LogP contribution is 2.41. The van der Waals surface area contributed by atoms with Crippen molar-refractivity contribution < 1.29 is 4.74 Å². The average molecular weight is 197 g/mol. The molecule has 0 amide bonds. The van der Waals surface area contributed by atoms with Crippen LogP contribution in [0.2, 0.25) is 0 Å². The van der Waals surface area contributed by atoms with E-state index in [0.29, 0.717) is 6.61 Å². The van der Waals surface area contributed by atoms with E-state index in [4.69, 9.17) is 10.5 Å². The molecule has 1 rings (SSSR count). The Hall–Kier alpha value is -0.340. The number of nitrogens with two attached hydrogens (primary N) is 1. The predicted molar refractivity (Wildman–Crippen MR) is 60.0 cm³/mol. The van der Waals surface area contributed by atoms with E-state index < -0.39 is 0 Å². The molecule has 0 spiro atoms. The van der Waals surface area contributed by atoms with Gasteiger partial charge < -0.3 is 10.5 Å². The number of methoxy groups -OCH3 is 1. The highest BCUT2D eigenvalue weighted by atomic mass is 16.5. The van der Waals surface area contributed by atoms with Crippen LogP contribution in [-0.4, -0.2) is 19.8 Å². The molecule has 2 nitrogen and oxygen atoms in total. The number of hydrogen-bond acceptors (Lipinski definition) is 2. The number of hydrogen-bond donors (Lipinski definition) is 1. The van der Waals surface area contributed by atoms with Crippen LogP contribution in [-0.2, 0) is 4.74 Å². The third kappa shape index (κ3) is 3.81. The second-order valence-electron chi connectivity index (χ2n) is 4.66. The van der Waals surface area contributed by atoms with Gasteiger partial charge in [0.15, 0.2) is 0 Å². The van der Waals surface area contributed by atoms with Crippen LogP contribution in [0.15, 0.2) is 12.2 Å². The quantitative estimate of drug-likeness (QED) is 0.662. The molecule has 82 valence electrons. The van der Waals surface area contributed by atoms with Gasteiger partial charge >= 0.3 is 0 Å². The van der Waals surface area contributed by atoms with Crippen molar-refractivity contribution in [2.45, 2.75) is 32.7 Å². The van der Waals surface area contributed by atoms with Gasteiger partial charge in [0.05, 0.1) is 6.61 Å². The first-order valence-electron chi connectivity index (χ1n) is 5.58. The minimum absolute atomic E-state index is 0.0556. The van der Waals surface area contributed by atoms with Gasteiger partial charge in [0.1, 0.15) is 0 Å². The fourth-order valence-corrected chi connectivity index (χ4v) is 1.92. The molecule has 2 heteroatoms. The molecule has 1 saturated carbocycles. The van der Waals surface area contributed by atoms with E-state index in [0.717, 1.165) is 17.8 Å². The first kappa shape index (κ1) is 11.7. The molecular formula is C12H23NO. The summed E-state index contributed by atoms with van der Waals surface area (Å²) < 4.78 is 5.00. The van der Waals surface area contributed by atoms with Gasteiger partial charge in [0.25, 0.3) is 0 Å². The Bertz CT molecular complexity index is 183. The van der Waals surface area contributed by atoms with Crippen molar-refractivity contribution in [1.29, 1.82) is 0 Å². The van der Waals surface area contributed by atoms with Crippen LogP contribution in [0.5, 0.6) is 0 Å². The Morgan fingerprint density at radius 1 is 1.36 bits per heavy atom. The van der Waals surface area contributed by atoms with Gasteiger partial charge in [-0.3, -0.25) is 0 Å². The van der Waals surface area contributed by atoms with Gasteiger partial charge in [-0.2, -0.15) is 0 Å². The zero-order valence-corrected chi connectivity index (χ0v) is 9.57. The lowest BCUT2D eigenvalue weighted by atomic mass is 9.90. The number of rotatable bonds is 6. The predicted octanol–water partition coefficient (Wildman–Crippen LogP) is 2.20. The zero-order valence-electron chi connectivity index (χ0n) is 9.57. The molecule has 2 atom stereocenters. The standard InChI is InChI=1S/C12H23NO/c1-9(2)12(10-4-5-10)7-6-11(13)8-14-3/h6-7,9-12H,4-5,8,13H2,1-3H3/b7-6+. The normalized spacial score (nSPS) is 21.8. The molecule has 0 saturated heterocycles. The highest BCUT2D eigenvalue weighted by molar-refractivity contribution is 5.01. The summed E-state index contributed by atoms with van der Waals surface area (Å²) in [4.78, 5) is 0. The lowest BCUT2D eigenvalue weighted by Gasteiger charge is -2.16. The smallest absolute Gasteiger partial charge is 0.0649 e. The lowest BCUT2D eigenvalue weighted by molar-refractivity contribution is 0.191. The van der Waals surface area contributed by atoms with Crippen LogP contribution in [0.1, 0.15) is 26.7 Å². The Morgan fingerprint density at radius 3 is 2.43 bits per heavy atom. The SMILES string of the molecule is COCC(N)/C=C/C(C(C)C)C1CC1. The average Bonchev–Trinajstić information content (AvgIpc) is 2.88. The van der Waals surface area contributed by atoms with Crippen LogP contribution in [0.25, 0.3) is 0 Å². The number of ether oxygens (including phenoxy) is 1. The first-order chi connectivity index (χ1) is 6.65. The minimum Gasteiger partial charge on any atom is -0.383 e. The topological polar surface area (TPSA) is 35.2 Å². The third-order valence-corrected chi connectivity index (χ3v) is 2.88. The van der Waals surface area contributed by atoms with Gasteiger partial charge in [-0.15, -0.1) is 0 Å². The van der Waals surface area contributed by atoms with Crippen molar-refractivity contribution in [2.24, 2.45) is 23.5 Å². The maximum atomic E-state index is 5.84. The van der Waals surface area contributed by atoms with Crippen molar-refractivity contribution >= 4 is 0 Å². The van der Waals surface area contributed by atoms with Crippen LogP contribution >= 0.6 is 0 Å². The highest BCUT2D eigenvalue weighted by Gasteiger charge is 2.31. The number of allylic oxidation sites excluding steroid dienone is 1. The Balaban J connectivity index is 2.37. The Labute approximate surface area is 87.5 Å². The van der Waals surface area contributed by atoms with E-state index in [-0.39, 0.29) is 6.04 Å². The van der Waals surface area contributed by atoms with Gasteiger partial charge in [-0.05, 0) is 30.6 Å². The molecule has 2 N–H and O–H groups in total. The molecule has 1 aliphatic rings. The monoisotopic (exact) mass is 197 g/mol. The first-order valence-corrected chi connectivity index (χ1v) is 5.58. The van der Waals surface area contributed by atoms with Gasteiger partial charge in [-0.25, -0.2) is 0 Å². The fraction of sp³-hybridized carbons (Fsp3) is 0.833. The van der Waals surface area contributed by atoms with E-state index in [1.165, 1.54) is 12.8 Å². The molecule has 1 aliphatic carbocycles. The van der Waals surface area contributed by atoms with Crippen LogP contribution < -0.4 is 5.73 Å². The van der Waals surface area contributed by atoms with Crippen LogP contribution in [0, 0.1) is 17.8 Å². The fourth-order valence-electron chi connectivity index (χ4n) is 1.92. The second kappa shape index (κ2) is 5.52. The summed E-state index contributed by atoms with van der Waals surface area (Å²) in [6.45, 7) is 5.19. The summed E-state index contributed by atoms with van der Waals surface area (Å²) >= 11 is 0. The molecule has 0 heterocycles. The second-order valence-corrected chi connectivity index (χ2v) is 4.66. The van der Waals surface area contributed by atoms with E-state index in [2.05, 4.69) is 26.0 Å². The maximum absolute atomic E-state index is 5.84. The molecule has 14 heavy (non-hydrogen) atoms. The van der Waals surface area contributed by atoms with Gasteiger partial charge in [0, 0.05) is 13.2 Å². The summed E-state index contributed by atoms with van der Waals surface area (Å²) in [6, 6.07) is 0.0556. The molecule has 0 radical (unpaired) electrons. The molecule has 0 aromatic carbocycles. The Morgan fingerprint density at radius 2 is 2.00 bits per heavy atom. The molecule has 1 fully saturated rings. The van der Waals surface area contributed by atoms with Crippen molar-refractivity contribution in [3.05, 3.63) is 12.2 Å². The van der Waals surface area contributed by atoms with Crippen LogP contribution in [0.3, 0.4) is 0 Å². The molecular weight excluding hydrogens is 174 g/mol. The molecule has 0 bridgehead atoms. The van der Waals surface area contributed by atoms with E-state index in [9.17, 15) is 0 Å². The van der Waals surface area contributed by atoms with Crippen LogP contribution in [0.4, 0.5) is 0 Å². The van der Waals surface area contributed by atoms with E-state index in [1.807, 2.05) is 0 Å². The molecule has 0 aliphatic heterocycles. The zero-order chi connectivity index (χ0) is 10.6. The maximum Gasteiger partial charge on any atom is 0.0649 e. The van der Waals surface area contributed by atoms with Crippen molar-refractivity contribution in [1.82, 2.24) is 0 Å². The minimum atomic E-state index is 0.0556.